The van der Waals surface area contributed by atoms with E-state index in [0.29, 0.717) is 23.0 Å². The van der Waals surface area contributed by atoms with Gasteiger partial charge in [0.05, 0.1) is 17.3 Å². The summed E-state index contributed by atoms with van der Waals surface area (Å²) < 4.78 is 6.03. The summed E-state index contributed by atoms with van der Waals surface area (Å²) in [5.41, 5.74) is 5.12. The van der Waals surface area contributed by atoms with E-state index in [-0.39, 0.29) is 6.23 Å². The first-order valence-electron chi connectivity index (χ1n) is 11.2. The highest BCUT2D eigenvalue weighted by Gasteiger charge is 2.24. The second kappa shape index (κ2) is 8.73. The van der Waals surface area contributed by atoms with E-state index in [1.54, 1.807) is 12.1 Å². The smallest absolute Gasteiger partial charge is 0.196 e. The minimum Gasteiger partial charge on any atom is -0.464 e. The quantitative estimate of drug-likeness (QED) is 0.346. The van der Waals surface area contributed by atoms with E-state index in [4.69, 9.17) is 25.0 Å². The Bertz CT molecular complexity index is 1490. The molecule has 6 heteroatoms. The molecule has 6 nitrogen and oxygen atoms in total. The number of aromatic nitrogens is 3. The SMILES string of the molecule is N#Cc1ccc2c(c1)NC(c1ccc(-c3nc(-c4ccccc4)nc(-c4ccccc4)n3)cc1)O2. The van der Waals surface area contributed by atoms with Crippen molar-refractivity contribution in [2.24, 2.45) is 0 Å². The van der Waals surface area contributed by atoms with Crippen LogP contribution in [0.5, 0.6) is 5.75 Å². The molecule has 0 saturated carbocycles. The van der Waals surface area contributed by atoms with Gasteiger partial charge in [0.15, 0.2) is 23.7 Å². The van der Waals surface area contributed by atoms with E-state index in [0.717, 1.165) is 33.7 Å². The lowest BCUT2D eigenvalue weighted by atomic mass is 10.1. The Morgan fingerprint density at radius 1 is 0.657 bits per heavy atom. The Kier molecular flexibility index (Phi) is 5.13. The largest absolute Gasteiger partial charge is 0.464 e. The fourth-order valence-electron chi connectivity index (χ4n) is 4.01. The Labute approximate surface area is 202 Å². The van der Waals surface area contributed by atoms with Gasteiger partial charge in [0.25, 0.3) is 0 Å². The number of rotatable bonds is 4. The van der Waals surface area contributed by atoms with Crippen LogP contribution in [0.15, 0.2) is 103 Å². The van der Waals surface area contributed by atoms with Crippen molar-refractivity contribution in [1.82, 2.24) is 15.0 Å². The van der Waals surface area contributed by atoms with Gasteiger partial charge in [-0.05, 0) is 18.2 Å². The second-order valence-corrected chi connectivity index (χ2v) is 8.13. The van der Waals surface area contributed by atoms with Crippen LogP contribution in [0, 0.1) is 11.3 Å². The number of hydrogen-bond acceptors (Lipinski definition) is 6. The van der Waals surface area contributed by atoms with Crippen molar-refractivity contribution < 1.29 is 4.74 Å². The molecule has 1 aliphatic heterocycles. The first kappa shape index (κ1) is 20.6. The normalized spacial score (nSPS) is 13.9. The van der Waals surface area contributed by atoms with Gasteiger partial charge < -0.3 is 10.1 Å². The predicted octanol–water partition coefficient (Wildman–Crippen LogP) is 6.25. The zero-order valence-corrected chi connectivity index (χ0v) is 18.6. The lowest BCUT2D eigenvalue weighted by Gasteiger charge is -2.13. The predicted molar refractivity (Wildman–Crippen MR) is 134 cm³/mol. The van der Waals surface area contributed by atoms with E-state index >= 15 is 0 Å². The number of nitrogens with one attached hydrogen (secondary N) is 1. The highest BCUT2D eigenvalue weighted by Crippen LogP contribution is 2.38. The molecule has 0 spiro atoms. The lowest BCUT2D eigenvalue weighted by molar-refractivity contribution is 0.260. The van der Waals surface area contributed by atoms with Gasteiger partial charge in [0.1, 0.15) is 5.75 Å². The third-order valence-electron chi connectivity index (χ3n) is 5.81. The van der Waals surface area contributed by atoms with Crippen LogP contribution < -0.4 is 10.1 Å². The van der Waals surface area contributed by atoms with Crippen molar-refractivity contribution in [3.05, 3.63) is 114 Å². The Balaban J connectivity index is 1.34. The van der Waals surface area contributed by atoms with Crippen molar-refractivity contribution >= 4 is 5.69 Å². The average molecular weight is 454 g/mol. The van der Waals surface area contributed by atoms with E-state index in [1.165, 1.54) is 0 Å². The fraction of sp³-hybridized carbons (Fsp3) is 0.0345. The number of fused-ring (bicyclic) bond motifs is 1. The summed E-state index contributed by atoms with van der Waals surface area (Å²) in [6, 6.07) is 35.3. The summed E-state index contributed by atoms with van der Waals surface area (Å²) in [6.45, 7) is 0. The minimum atomic E-state index is -0.328. The molecule has 1 aliphatic rings. The third-order valence-corrected chi connectivity index (χ3v) is 5.81. The number of nitriles is 1. The summed E-state index contributed by atoms with van der Waals surface area (Å²) >= 11 is 0. The molecule has 0 saturated heterocycles. The summed E-state index contributed by atoms with van der Waals surface area (Å²) in [5.74, 6) is 2.59. The van der Waals surface area contributed by atoms with Gasteiger partial charge in [-0.1, -0.05) is 84.9 Å². The van der Waals surface area contributed by atoms with Crippen molar-refractivity contribution in [2.75, 3.05) is 5.32 Å². The number of ether oxygens (including phenoxy) is 1. The number of nitrogens with zero attached hydrogens (tertiary/aromatic N) is 4. The molecule has 1 unspecified atom stereocenters. The molecule has 0 radical (unpaired) electrons. The fourth-order valence-corrected chi connectivity index (χ4v) is 4.01. The van der Waals surface area contributed by atoms with Crippen LogP contribution in [-0.2, 0) is 0 Å². The molecule has 1 atom stereocenters. The molecule has 4 aromatic carbocycles. The molecule has 35 heavy (non-hydrogen) atoms. The summed E-state index contributed by atoms with van der Waals surface area (Å²) in [6.07, 6.45) is -0.328. The van der Waals surface area contributed by atoms with Crippen molar-refractivity contribution in [3.8, 4) is 46.0 Å². The maximum atomic E-state index is 9.14. The first-order chi connectivity index (χ1) is 17.3. The summed E-state index contributed by atoms with van der Waals surface area (Å²) in [5, 5.41) is 12.5. The first-order valence-corrected chi connectivity index (χ1v) is 11.2. The van der Waals surface area contributed by atoms with Crippen LogP contribution in [0.3, 0.4) is 0 Å². The van der Waals surface area contributed by atoms with Gasteiger partial charge in [-0.15, -0.1) is 0 Å². The topological polar surface area (TPSA) is 83.7 Å². The maximum absolute atomic E-state index is 9.14. The number of hydrogen-bond donors (Lipinski definition) is 1. The van der Waals surface area contributed by atoms with Gasteiger partial charge in [-0.3, -0.25) is 0 Å². The van der Waals surface area contributed by atoms with Gasteiger partial charge in [-0.25, -0.2) is 15.0 Å². The monoisotopic (exact) mass is 453 g/mol. The molecule has 0 aliphatic carbocycles. The molecule has 1 N–H and O–H groups in total. The van der Waals surface area contributed by atoms with Gasteiger partial charge in [0.2, 0.25) is 0 Å². The zero-order chi connectivity index (χ0) is 23.6. The molecule has 0 fully saturated rings. The highest BCUT2D eigenvalue weighted by atomic mass is 16.5. The molecule has 5 aromatic rings. The molecule has 2 heterocycles. The molecule has 0 amide bonds. The Morgan fingerprint density at radius 3 is 1.74 bits per heavy atom. The second-order valence-electron chi connectivity index (χ2n) is 8.13. The maximum Gasteiger partial charge on any atom is 0.196 e. The van der Waals surface area contributed by atoms with Crippen LogP contribution in [0.25, 0.3) is 34.2 Å². The van der Waals surface area contributed by atoms with E-state index in [2.05, 4.69) is 11.4 Å². The molecular formula is C29H19N5O. The van der Waals surface area contributed by atoms with Gasteiger partial charge >= 0.3 is 0 Å². The lowest BCUT2D eigenvalue weighted by Crippen LogP contribution is -2.10. The Hall–Kier alpha value is -5.02. The van der Waals surface area contributed by atoms with Gasteiger partial charge in [-0.2, -0.15) is 5.26 Å². The minimum absolute atomic E-state index is 0.328. The molecule has 6 rings (SSSR count). The van der Waals surface area contributed by atoms with E-state index < -0.39 is 0 Å². The number of benzene rings is 4. The summed E-state index contributed by atoms with van der Waals surface area (Å²) in [7, 11) is 0. The zero-order valence-electron chi connectivity index (χ0n) is 18.6. The van der Waals surface area contributed by atoms with Crippen molar-refractivity contribution in [2.45, 2.75) is 6.23 Å². The van der Waals surface area contributed by atoms with E-state index in [1.807, 2.05) is 91.0 Å². The third kappa shape index (κ3) is 4.07. The van der Waals surface area contributed by atoms with Crippen LogP contribution in [0.1, 0.15) is 17.4 Å². The molecule has 1 aromatic heterocycles. The van der Waals surface area contributed by atoms with Crippen molar-refractivity contribution in [1.29, 1.82) is 5.26 Å². The number of anilines is 1. The Morgan fingerprint density at radius 2 is 1.20 bits per heavy atom. The van der Waals surface area contributed by atoms with Gasteiger partial charge in [0, 0.05) is 22.3 Å². The standard InChI is InChI=1S/C29H19N5O/c30-18-19-11-16-25-24(17-19)31-29(35-25)23-14-12-22(13-15-23)28-33-26(20-7-3-1-4-8-20)32-27(34-28)21-9-5-2-6-10-21/h1-17,29,31H. The van der Waals surface area contributed by atoms with Crippen molar-refractivity contribution in [3.63, 3.8) is 0 Å². The average Bonchev–Trinajstić information content (AvgIpc) is 3.37. The van der Waals surface area contributed by atoms with Crippen LogP contribution in [0.4, 0.5) is 5.69 Å². The summed E-state index contributed by atoms with van der Waals surface area (Å²) in [4.78, 5) is 14.3. The molecule has 0 bridgehead atoms. The molecule has 166 valence electrons. The van der Waals surface area contributed by atoms with Crippen LogP contribution in [0.2, 0.25) is 0 Å². The van der Waals surface area contributed by atoms with E-state index in [9.17, 15) is 0 Å². The van der Waals surface area contributed by atoms with Crippen LogP contribution >= 0.6 is 0 Å². The van der Waals surface area contributed by atoms with Crippen LogP contribution in [-0.4, -0.2) is 15.0 Å². The molecular weight excluding hydrogens is 434 g/mol. The highest BCUT2D eigenvalue weighted by molar-refractivity contribution is 5.67.